The third-order valence-electron chi connectivity index (χ3n) is 5.05. The van der Waals surface area contributed by atoms with Gasteiger partial charge in [-0.2, -0.15) is 0 Å². The summed E-state index contributed by atoms with van der Waals surface area (Å²) in [7, 11) is -1.69. The van der Waals surface area contributed by atoms with Crippen LogP contribution in [0.2, 0.25) is 0 Å². The van der Waals surface area contributed by atoms with Gasteiger partial charge in [0.1, 0.15) is 18.1 Å². The number of hydrogen-bond donors (Lipinski definition) is 1. The second-order valence-electron chi connectivity index (χ2n) is 7.05. The number of nitrogens with zero attached hydrogens (tertiary/aromatic N) is 1. The van der Waals surface area contributed by atoms with Crippen LogP contribution in [0.1, 0.15) is 25.7 Å². The standard InChI is InChI=1S/C20H24N2O4S/c1-22-12-13-25-20-14-15(6-11-19(20)22)21-27(23,24)18-9-7-17(8-10-18)26-16-4-2-3-5-16/h6-11,14,16,21H,2-5,12-13H2,1H3. The maximum Gasteiger partial charge on any atom is 0.261 e. The van der Waals surface area contributed by atoms with Crippen molar-refractivity contribution in [1.82, 2.24) is 0 Å². The Balaban J connectivity index is 1.48. The van der Waals surface area contributed by atoms with Crippen LogP contribution in [-0.4, -0.2) is 34.7 Å². The molecule has 2 aromatic rings. The molecule has 1 saturated carbocycles. The molecule has 0 atom stereocenters. The van der Waals surface area contributed by atoms with E-state index in [4.69, 9.17) is 9.47 Å². The topological polar surface area (TPSA) is 67.9 Å². The van der Waals surface area contributed by atoms with Crippen molar-refractivity contribution in [2.45, 2.75) is 36.7 Å². The Bertz CT molecular complexity index is 906. The quantitative estimate of drug-likeness (QED) is 0.847. The van der Waals surface area contributed by atoms with Gasteiger partial charge >= 0.3 is 0 Å². The lowest BCUT2D eigenvalue weighted by Crippen LogP contribution is -2.28. The molecule has 0 unspecified atom stereocenters. The average molecular weight is 388 g/mol. The van der Waals surface area contributed by atoms with Crippen LogP contribution in [-0.2, 0) is 10.0 Å². The van der Waals surface area contributed by atoms with Crippen LogP contribution in [0.3, 0.4) is 0 Å². The van der Waals surface area contributed by atoms with Gasteiger partial charge in [0.25, 0.3) is 10.0 Å². The Morgan fingerprint density at radius 2 is 1.85 bits per heavy atom. The van der Waals surface area contributed by atoms with Crippen molar-refractivity contribution in [2.24, 2.45) is 0 Å². The summed E-state index contributed by atoms with van der Waals surface area (Å²) in [6.07, 6.45) is 4.77. The van der Waals surface area contributed by atoms with Gasteiger partial charge in [-0.15, -0.1) is 0 Å². The monoisotopic (exact) mass is 388 g/mol. The minimum atomic E-state index is -3.67. The zero-order valence-electron chi connectivity index (χ0n) is 15.3. The first-order valence-electron chi connectivity index (χ1n) is 9.29. The molecule has 1 heterocycles. The van der Waals surface area contributed by atoms with Gasteiger partial charge < -0.3 is 14.4 Å². The Hall–Kier alpha value is -2.41. The number of nitrogens with one attached hydrogen (secondary N) is 1. The van der Waals surface area contributed by atoms with Crippen molar-refractivity contribution in [3.8, 4) is 11.5 Å². The molecule has 1 aliphatic carbocycles. The molecule has 0 aromatic heterocycles. The summed E-state index contributed by atoms with van der Waals surface area (Å²) < 4.78 is 39.5. The molecule has 0 spiro atoms. The van der Waals surface area contributed by atoms with Crippen molar-refractivity contribution in [1.29, 1.82) is 0 Å². The van der Waals surface area contributed by atoms with E-state index >= 15 is 0 Å². The molecule has 2 aliphatic rings. The van der Waals surface area contributed by atoms with Crippen LogP contribution < -0.4 is 19.1 Å². The number of fused-ring (bicyclic) bond motifs is 1. The van der Waals surface area contributed by atoms with Crippen LogP contribution in [0.25, 0.3) is 0 Å². The number of benzene rings is 2. The molecule has 144 valence electrons. The summed E-state index contributed by atoms with van der Waals surface area (Å²) >= 11 is 0. The van der Waals surface area contributed by atoms with Crippen LogP contribution in [0.5, 0.6) is 11.5 Å². The second-order valence-corrected chi connectivity index (χ2v) is 8.74. The summed E-state index contributed by atoms with van der Waals surface area (Å²) in [5.74, 6) is 1.40. The van der Waals surface area contributed by atoms with Crippen LogP contribution in [0, 0.1) is 0 Å². The number of hydrogen-bond acceptors (Lipinski definition) is 5. The summed E-state index contributed by atoms with van der Waals surface area (Å²) in [5, 5.41) is 0. The highest BCUT2D eigenvalue weighted by Gasteiger charge is 2.20. The molecule has 6 nitrogen and oxygen atoms in total. The van der Waals surface area contributed by atoms with Crippen molar-refractivity contribution in [3.05, 3.63) is 42.5 Å². The number of likely N-dealkylation sites (N-methyl/N-ethyl adjacent to an activating group) is 1. The molecule has 2 aromatic carbocycles. The van der Waals surface area contributed by atoms with Crippen molar-refractivity contribution in [2.75, 3.05) is 29.8 Å². The molecule has 7 heteroatoms. The van der Waals surface area contributed by atoms with Crippen LogP contribution in [0.15, 0.2) is 47.4 Å². The van der Waals surface area contributed by atoms with Gasteiger partial charge in [-0.1, -0.05) is 0 Å². The largest absolute Gasteiger partial charge is 0.490 e. The Kier molecular flexibility index (Phi) is 4.86. The van der Waals surface area contributed by atoms with E-state index in [0.717, 1.165) is 25.1 Å². The van der Waals surface area contributed by atoms with Gasteiger partial charge in [0.2, 0.25) is 0 Å². The lowest BCUT2D eigenvalue weighted by Gasteiger charge is -2.28. The Labute approximate surface area is 160 Å². The fourth-order valence-electron chi connectivity index (χ4n) is 3.53. The number of sulfonamides is 1. The van der Waals surface area contributed by atoms with E-state index in [1.165, 1.54) is 12.8 Å². The first-order valence-corrected chi connectivity index (χ1v) is 10.8. The van der Waals surface area contributed by atoms with Gasteiger partial charge in [-0.25, -0.2) is 8.42 Å². The fraction of sp³-hybridized carbons (Fsp3) is 0.400. The van der Waals surface area contributed by atoms with Crippen molar-refractivity contribution < 1.29 is 17.9 Å². The average Bonchev–Trinajstić information content (AvgIpc) is 3.15. The predicted molar refractivity (Wildman–Crippen MR) is 105 cm³/mol. The van der Waals surface area contributed by atoms with Gasteiger partial charge in [0, 0.05) is 13.1 Å². The van der Waals surface area contributed by atoms with Gasteiger partial charge in [-0.3, -0.25) is 4.72 Å². The minimum absolute atomic E-state index is 0.206. The summed E-state index contributed by atoms with van der Waals surface area (Å²) in [4.78, 5) is 2.29. The van der Waals surface area contributed by atoms with E-state index in [1.807, 2.05) is 13.1 Å². The molecule has 0 bridgehead atoms. The first kappa shape index (κ1) is 18.0. The highest BCUT2D eigenvalue weighted by atomic mass is 32.2. The molecule has 0 radical (unpaired) electrons. The lowest BCUT2D eigenvalue weighted by atomic mass is 10.2. The number of ether oxygens (including phenoxy) is 2. The normalized spacial score (nSPS) is 17.3. The van der Waals surface area contributed by atoms with E-state index in [9.17, 15) is 8.42 Å². The van der Waals surface area contributed by atoms with Crippen LogP contribution in [0.4, 0.5) is 11.4 Å². The zero-order valence-corrected chi connectivity index (χ0v) is 16.2. The Morgan fingerprint density at radius 3 is 2.59 bits per heavy atom. The predicted octanol–water partition coefficient (Wildman–Crippen LogP) is 3.64. The van der Waals surface area contributed by atoms with E-state index in [2.05, 4.69) is 9.62 Å². The molecular formula is C20H24N2O4S. The highest BCUT2D eigenvalue weighted by molar-refractivity contribution is 7.92. The van der Waals surface area contributed by atoms with Crippen molar-refractivity contribution in [3.63, 3.8) is 0 Å². The highest BCUT2D eigenvalue weighted by Crippen LogP contribution is 2.34. The molecule has 1 aliphatic heterocycles. The zero-order chi connectivity index (χ0) is 18.9. The molecule has 27 heavy (non-hydrogen) atoms. The Morgan fingerprint density at radius 1 is 1.11 bits per heavy atom. The smallest absolute Gasteiger partial charge is 0.261 e. The summed E-state index contributed by atoms with van der Waals surface area (Å²) in [6.45, 7) is 1.40. The first-order chi connectivity index (χ1) is 13.0. The van der Waals surface area contributed by atoms with Crippen LogP contribution >= 0.6 is 0 Å². The summed E-state index contributed by atoms with van der Waals surface area (Å²) in [5.41, 5.74) is 1.44. The fourth-order valence-corrected chi connectivity index (χ4v) is 4.58. The lowest BCUT2D eigenvalue weighted by molar-refractivity contribution is 0.210. The minimum Gasteiger partial charge on any atom is -0.490 e. The molecule has 0 saturated heterocycles. The third-order valence-corrected chi connectivity index (χ3v) is 6.44. The maximum absolute atomic E-state index is 12.7. The second kappa shape index (κ2) is 7.31. The number of anilines is 2. The van der Waals surface area contributed by atoms with Crippen molar-refractivity contribution >= 4 is 21.4 Å². The van der Waals surface area contributed by atoms with E-state index < -0.39 is 10.0 Å². The van der Waals surface area contributed by atoms with Gasteiger partial charge in [0.05, 0.1) is 28.9 Å². The van der Waals surface area contributed by atoms with Gasteiger partial charge in [0.15, 0.2) is 0 Å². The summed E-state index contributed by atoms with van der Waals surface area (Å²) in [6, 6.07) is 11.9. The molecule has 1 N–H and O–H groups in total. The number of rotatable bonds is 5. The molecule has 0 amide bonds. The molecular weight excluding hydrogens is 364 g/mol. The maximum atomic E-state index is 12.7. The molecule has 4 rings (SSSR count). The van der Waals surface area contributed by atoms with Gasteiger partial charge in [-0.05, 0) is 62.1 Å². The SMILES string of the molecule is CN1CCOc2cc(NS(=O)(=O)c3ccc(OC4CCCC4)cc3)ccc21. The molecule has 1 fully saturated rings. The van der Waals surface area contributed by atoms with E-state index in [1.54, 1.807) is 36.4 Å². The van der Waals surface area contributed by atoms with E-state index in [-0.39, 0.29) is 11.0 Å². The van der Waals surface area contributed by atoms with E-state index in [0.29, 0.717) is 23.8 Å². The third kappa shape index (κ3) is 3.98.